The van der Waals surface area contributed by atoms with Crippen molar-refractivity contribution < 1.29 is 27.5 Å². The van der Waals surface area contributed by atoms with Crippen molar-refractivity contribution in [3.63, 3.8) is 0 Å². The third-order valence-corrected chi connectivity index (χ3v) is 7.51. The zero-order valence-corrected chi connectivity index (χ0v) is 19.0. The van der Waals surface area contributed by atoms with Crippen LogP contribution in [0.5, 0.6) is 5.75 Å². The molecule has 3 rings (SSSR count). The molecular formula is C23H27NO6S. The molecule has 31 heavy (non-hydrogen) atoms. The first-order valence-corrected chi connectivity index (χ1v) is 11.4. The minimum absolute atomic E-state index is 0.0938. The van der Waals surface area contributed by atoms with Gasteiger partial charge in [0.1, 0.15) is 28.4 Å². The highest BCUT2D eigenvalue weighted by atomic mass is 32.2. The standard InChI is InChI=1S/C23H27NO6S/c1-15-6-12-18(13-7-15)31(27,28)20-19(16-8-10-17(29-5)11-9-16)23(20,14-25)24-21(26)30-22(2,3)4/h6-14,19-20H,1-5H3,(H,24,26)/t19-,20+,23-/m1/s1. The van der Waals surface area contributed by atoms with Crippen molar-refractivity contribution in [2.75, 3.05) is 7.11 Å². The second-order valence-electron chi connectivity index (χ2n) is 8.71. The van der Waals surface area contributed by atoms with E-state index in [2.05, 4.69) is 5.32 Å². The molecule has 1 amide bonds. The Morgan fingerprint density at radius 2 is 1.65 bits per heavy atom. The van der Waals surface area contributed by atoms with Crippen LogP contribution in [0, 0.1) is 6.92 Å². The van der Waals surface area contributed by atoms with E-state index in [1.54, 1.807) is 57.2 Å². The van der Waals surface area contributed by atoms with Crippen LogP contribution >= 0.6 is 0 Å². The van der Waals surface area contributed by atoms with E-state index in [0.717, 1.165) is 5.56 Å². The Labute approximate surface area is 182 Å². The number of hydrogen-bond acceptors (Lipinski definition) is 6. The molecule has 1 saturated carbocycles. The molecule has 0 aliphatic heterocycles. The van der Waals surface area contributed by atoms with Crippen LogP contribution in [-0.4, -0.2) is 44.3 Å². The number of carbonyl (C=O) groups is 2. The van der Waals surface area contributed by atoms with E-state index in [0.29, 0.717) is 17.6 Å². The number of rotatable bonds is 6. The van der Waals surface area contributed by atoms with Gasteiger partial charge in [-0.2, -0.15) is 0 Å². The minimum atomic E-state index is -3.94. The van der Waals surface area contributed by atoms with Crippen molar-refractivity contribution in [2.24, 2.45) is 0 Å². The summed E-state index contributed by atoms with van der Waals surface area (Å²) in [5.41, 5.74) is -0.926. The average molecular weight is 446 g/mol. The van der Waals surface area contributed by atoms with Gasteiger partial charge in [0.05, 0.1) is 12.0 Å². The SMILES string of the molecule is COc1ccc([C@@H]2[C@H](S(=O)(=O)c3ccc(C)cc3)[C@]2(C=O)NC(=O)OC(C)(C)C)cc1. The number of carbonyl (C=O) groups excluding carboxylic acids is 2. The highest BCUT2D eigenvalue weighted by Gasteiger charge is 2.73. The largest absolute Gasteiger partial charge is 0.497 e. The van der Waals surface area contributed by atoms with E-state index in [-0.39, 0.29) is 4.90 Å². The lowest BCUT2D eigenvalue weighted by atomic mass is 10.1. The molecule has 0 spiro atoms. The third kappa shape index (κ3) is 4.44. The molecule has 0 saturated heterocycles. The number of aldehydes is 1. The van der Waals surface area contributed by atoms with Crippen molar-refractivity contribution in [1.29, 1.82) is 0 Å². The van der Waals surface area contributed by atoms with Gasteiger partial charge in [-0.05, 0) is 57.5 Å². The molecule has 1 N–H and O–H groups in total. The molecule has 0 bridgehead atoms. The number of amides is 1. The maximum atomic E-state index is 13.5. The number of sulfone groups is 1. The zero-order valence-electron chi connectivity index (χ0n) is 18.2. The highest BCUT2D eigenvalue weighted by Crippen LogP contribution is 2.56. The van der Waals surface area contributed by atoms with Gasteiger partial charge in [-0.15, -0.1) is 0 Å². The number of nitrogens with one attached hydrogen (secondary N) is 1. The number of aryl methyl sites for hydroxylation is 1. The molecule has 0 unspecified atom stereocenters. The van der Waals surface area contributed by atoms with Gasteiger partial charge < -0.3 is 19.6 Å². The fourth-order valence-corrected chi connectivity index (χ4v) is 5.99. The average Bonchev–Trinajstić information content (AvgIpc) is 3.36. The zero-order chi connectivity index (χ0) is 23.0. The summed E-state index contributed by atoms with van der Waals surface area (Å²) in [7, 11) is -2.41. The maximum Gasteiger partial charge on any atom is 0.408 e. The summed E-state index contributed by atoms with van der Waals surface area (Å²) in [4.78, 5) is 24.9. The van der Waals surface area contributed by atoms with Crippen LogP contribution in [0.15, 0.2) is 53.4 Å². The van der Waals surface area contributed by atoms with Gasteiger partial charge in [0.2, 0.25) is 0 Å². The number of methoxy groups -OCH3 is 1. The summed E-state index contributed by atoms with van der Waals surface area (Å²) in [6.45, 7) is 6.92. The molecule has 1 aliphatic carbocycles. The van der Waals surface area contributed by atoms with E-state index in [4.69, 9.17) is 9.47 Å². The van der Waals surface area contributed by atoms with Crippen LogP contribution in [0.25, 0.3) is 0 Å². The van der Waals surface area contributed by atoms with E-state index in [1.807, 2.05) is 6.92 Å². The summed E-state index contributed by atoms with van der Waals surface area (Å²) < 4.78 is 37.4. The Kier molecular flexibility index (Phi) is 5.88. The fraction of sp³-hybridized carbons (Fsp3) is 0.391. The number of benzene rings is 2. The first-order chi connectivity index (χ1) is 14.4. The van der Waals surface area contributed by atoms with Crippen LogP contribution in [0.4, 0.5) is 4.79 Å². The first kappa shape index (κ1) is 22.8. The van der Waals surface area contributed by atoms with Crippen molar-refractivity contribution in [3.8, 4) is 5.75 Å². The molecule has 0 radical (unpaired) electrons. The molecule has 1 aliphatic rings. The van der Waals surface area contributed by atoms with Crippen molar-refractivity contribution in [3.05, 3.63) is 59.7 Å². The molecule has 7 nitrogen and oxygen atoms in total. The summed E-state index contributed by atoms with van der Waals surface area (Å²) in [6.07, 6.45) is -0.345. The summed E-state index contributed by atoms with van der Waals surface area (Å²) in [5.74, 6) is -0.172. The second kappa shape index (κ2) is 8.00. The Balaban J connectivity index is 2.04. The smallest absolute Gasteiger partial charge is 0.408 e. The number of hydrogen-bond donors (Lipinski definition) is 1. The second-order valence-corrected chi connectivity index (χ2v) is 10.8. The molecule has 166 valence electrons. The molecule has 2 aromatic carbocycles. The van der Waals surface area contributed by atoms with E-state index < -0.39 is 38.2 Å². The summed E-state index contributed by atoms with van der Waals surface area (Å²) in [5, 5.41) is 1.38. The Morgan fingerprint density at radius 1 is 1.06 bits per heavy atom. The highest BCUT2D eigenvalue weighted by molar-refractivity contribution is 7.92. The van der Waals surface area contributed by atoms with Gasteiger partial charge in [-0.3, -0.25) is 0 Å². The van der Waals surface area contributed by atoms with E-state index in [9.17, 15) is 18.0 Å². The van der Waals surface area contributed by atoms with Gasteiger partial charge in [0, 0.05) is 5.92 Å². The normalized spacial score (nSPS) is 23.0. The molecule has 1 fully saturated rings. The summed E-state index contributed by atoms with van der Waals surface area (Å²) in [6, 6.07) is 13.2. The van der Waals surface area contributed by atoms with Gasteiger partial charge in [0.15, 0.2) is 9.84 Å². The third-order valence-electron chi connectivity index (χ3n) is 5.25. The number of alkyl carbamates (subject to hydrolysis) is 1. The quantitative estimate of drug-likeness (QED) is 0.684. The Hall–Kier alpha value is -2.87. The van der Waals surface area contributed by atoms with Crippen LogP contribution in [0.2, 0.25) is 0 Å². The fourth-order valence-electron chi connectivity index (χ4n) is 3.75. The van der Waals surface area contributed by atoms with Crippen molar-refractivity contribution in [2.45, 2.75) is 54.9 Å². The minimum Gasteiger partial charge on any atom is -0.497 e. The van der Waals surface area contributed by atoms with Crippen molar-refractivity contribution in [1.82, 2.24) is 5.32 Å². The Bertz CT molecular complexity index is 1070. The number of ether oxygens (including phenoxy) is 2. The molecule has 0 heterocycles. The Morgan fingerprint density at radius 3 is 2.13 bits per heavy atom. The van der Waals surface area contributed by atoms with E-state index >= 15 is 0 Å². The maximum absolute atomic E-state index is 13.5. The predicted molar refractivity (Wildman–Crippen MR) is 116 cm³/mol. The predicted octanol–water partition coefficient (Wildman–Crippen LogP) is 3.41. The lowest BCUT2D eigenvalue weighted by Gasteiger charge is -2.22. The van der Waals surface area contributed by atoms with Crippen LogP contribution in [-0.2, 0) is 19.4 Å². The van der Waals surface area contributed by atoms with Crippen LogP contribution in [0.1, 0.15) is 37.8 Å². The molecule has 2 aromatic rings. The van der Waals surface area contributed by atoms with Gasteiger partial charge in [-0.25, -0.2) is 13.2 Å². The van der Waals surface area contributed by atoms with Crippen molar-refractivity contribution >= 4 is 22.2 Å². The first-order valence-electron chi connectivity index (χ1n) is 9.86. The monoisotopic (exact) mass is 445 g/mol. The molecule has 3 atom stereocenters. The molecule has 8 heteroatoms. The van der Waals surface area contributed by atoms with Crippen LogP contribution < -0.4 is 10.1 Å². The van der Waals surface area contributed by atoms with Gasteiger partial charge in [-0.1, -0.05) is 29.8 Å². The molecule has 0 aromatic heterocycles. The van der Waals surface area contributed by atoms with Crippen LogP contribution in [0.3, 0.4) is 0 Å². The molecular weight excluding hydrogens is 418 g/mol. The van der Waals surface area contributed by atoms with Gasteiger partial charge in [0.25, 0.3) is 0 Å². The lowest BCUT2D eigenvalue weighted by Crippen LogP contribution is -2.45. The topological polar surface area (TPSA) is 98.8 Å². The summed E-state index contributed by atoms with van der Waals surface area (Å²) >= 11 is 0. The lowest BCUT2D eigenvalue weighted by molar-refractivity contribution is -0.110. The van der Waals surface area contributed by atoms with E-state index in [1.165, 1.54) is 19.2 Å². The van der Waals surface area contributed by atoms with Gasteiger partial charge >= 0.3 is 6.09 Å².